The third-order valence-corrected chi connectivity index (χ3v) is 3.35. The van der Waals surface area contributed by atoms with E-state index in [2.05, 4.69) is 5.32 Å². The zero-order valence-corrected chi connectivity index (χ0v) is 12.8. The summed E-state index contributed by atoms with van der Waals surface area (Å²) >= 11 is 6.16. The van der Waals surface area contributed by atoms with Gasteiger partial charge in [-0.2, -0.15) is 0 Å². The summed E-state index contributed by atoms with van der Waals surface area (Å²) in [6.45, 7) is 2.00. The Bertz CT molecular complexity index is 639. The molecule has 0 fully saturated rings. The van der Waals surface area contributed by atoms with E-state index in [9.17, 15) is 9.59 Å². The van der Waals surface area contributed by atoms with Crippen molar-refractivity contribution in [3.63, 3.8) is 0 Å². The van der Waals surface area contributed by atoms with Crippen molar-refractivity contribution in [2.24, 2.45) is 0 Å². The summed E-state index contributed by atoms with van der Waals surface area (Å²) in [7, 11) is 0. The number of halogens is 1. The quantitative estimate of drug-likeness (QED) is 0.828. The lowest BCUT2D eigenvalue weighted by Gasteiger charge is -2.19. The minimum Gasteiger partial charge on any atom is -0.466 e. The van der Waals surface area contributed by atoms with Crippen molar-refractivity contribution in [3.05, 3.63) is 59.0 Å². The van der Waals surface area contributed by atoms with Crippen LogP contribution in [0.3, 0.4) is 0 Å². The average Bonchev–Trinajstić information content (AvgIpc) is 3.01. The van der Waals surface area contributed by atoms with Gasteiger partial charge in [-0.15, -0.1) is 0 Å². The first-order chi connectivity index (χ1) is 10.6. The van der Waals surface area contributed by atoms with E-state index >= 15 is 0 Å². The van der Waals surface area contributed by atoms with E-state index in [-0.39, 0.29) is 18.8 Å². The summed E-state index contributed by atoms with van der Waals surface area (Å²) in [6.07, 6.45) is 1.40. The molecular weight excluding hydrogens is 306 g/mol. The summed E-state index contributed by atoms with van der Waals surface area (Å²) in [5, 5.41) is 3.22. The van der Waals surface area contributed by atoms with Gasteiger partial charge in [0.1, 0.15) is 0 Å². The molecule has 5 nitrogen and oxygen atoms in total. The lowest BCUT2D eigenvalue weighted by atomic mass is 10.0. The lowest BCUT2D eigenvalue weighted by Crippen LogP contribution is -2.30. The van der Waals surface area contributed by atoms with Crippen LogP contribution in [0.2, 0.25) is 5.02 Å². The van der Waals surface area contributed by atoms with Gasteiger partial charge in [0.05, 0.1) is 25.3 Å². The van der Waals surface area contributed by atoms with E-state index in [0.29, 0.717) is 10.6 Å². The maximum atomic E-state index is 12.1. The molecule has 1 N–H and O–H groups in total. The Hall–Kier alpha value is -2.27. The Kier molecular flexibility index (Phi) is 5.61. The van der Waals surface area contributed by atoms with Crippen molar-refractivity contribution < 1.29 is 18.7 Å². The molecule has 2 aromatic rings. The van der Waals surface area contributed by atoms with E-state index < -0.39 is 17.9 Å². The largest absolute Gasteiger partial charge is 0.466 e. The van der Waals surface area contributed by atoms with Crippen molar-refractivity contribution in [3.8, 4) is 0 Å². The van der Waals surface area contributed by atoms with Gasteiger partial charge in [-0.05, 0) is 30.7 Å². The Morgan fingerprint density at radius 3 is 2.68 bits per heavy atom. The Morgan fingerprint density at radius 2 is 2.05 bits per heavy atom. The number of hydrogen-bond acceptors (Lipinski definition) is 4. The van der Waals surface area contributed by atoms with Gasteiger partial charge in [0.25, 0.3) is 5.91 Å². The van der Waals surface area contributed by atoms with Gasteiger partial charge < -0.3 is 14.5 Å². The predicted octanol–water partition coefficient (Wildman–Crippen LogP) is 3.36. The molecule has 0 spiro atoms. The number of esters is 1. The molecule has 0 saturated carbocycles. The number of furan rings is 1. The van der Waals surface area contributed by atoms with E-state index in [1.165, 1.54) is 6.26 Å². The van der Waals surface area contributed by atoms with Crippen LogP contribution in [-0.2, 0) is 9.53 Å². The molecule has 0 aliphatic rings. The molecule has 0 aliphatic carbocycles. The number of benzene rings is 1. The monoisotopic (exact) mass is 321 g/mol. The molecule has 1 atom stereocenters. The van der Waals surface area contributed by atoms with Crippen molar-refractivity contribution >= 4 is 23.5 Å². The third-order valence-electron chi connectivity index (χ3n) is 3.01. The topological polar surface area (TPSA) is 68.5 Å². The fraction of sp³-hybridized carbons (Fsp3) is 0.250. The van der Waals surface area contributed by atoms with Crippen LogP contribution >= 0.6 is 11.6 Å². The molecule has 2 rings (SSSR count). The Morgan fingerprint density at radius 1 is 1.27 bits per heavy atom. The smallest absolute Gasteiger partial charge is 0.308 e. The van der Waals surface area contributed by atoms with Gasteiger partial charge in [0.2, 0.25) is 0 Å². The van der Waals surface area contributed by atoms with Gasteiger partial charge in [0.15, 0.2) is 5.76 Å². The van der Waals surface area contributed by atoms with E-state index in [4.69, 9.17) is 20.8 Å². The lowest BCUT2D eigenvalue weighted by molar-refractivity contribution is -0.143. The number of hydrogen-bond donors (Lipinski definition) is 1. The first-order valence-corrected chi connectivity index (χ1v) is 7.24. The summed E-state index contributed by atoms with van der Waals surface area (Å²) < 4.78 is 10.0. The molecule has 0 radical (unpaired) electrons. The van der Waals surface area contributed by atoms with E-state index in [0.717, 1.165) is 0 Å². The molecule has 1 heterocycles. The highest BCUT2D eigenvalue weighted by Gasteiger charge is 2.22. The number of amides is 1. The van der Waals surface area contributed by atoms with Gasteiger partial charge in [-0.1, -0.05) is 29.8 Å². The number of rotatable bonds is 6. The fourth-order valence-corrected chi connectivity index (χ4v) is 2.29. The zero-order chi connectivity index (χ0) is 15.9. The normalized spacial score (nSPS) is 11.7. The van der Waals surface area contributed by atoms with Gasteiger partial charge >= 0.3 is 5.97 Å². The molecule has 0 saturated heterocycles. The first kappa shape index (κ1) is 16.1. The molecule has 116 valence electrons. The minimum atomic E-state index is -0.592. The van der Waals surface area contributed by atoms with Crippen LogP contribution in [0.4, 0.5) is 0 Å². The van der Waals surface area contributed by atoms with Crippen molar-refractivity contribution in [1.29, 1.82) is 0 Å². The summed E-state index contributed by atoms with van der Waals surface area (Å²) in [5.74, 6) is -0.660. The van der Waals surface area contributed by atoms with E-state index in [1.807, 2.05) is 0 Å². The molecular formula is C16H16ClNO4. The number of nitrogens with one attached hydrogen (secondary N) is 1. The second-order valence-electron chi connectivity index (χ2n) is 4.53. The third kappa shape index (κ3) is 4.11. The van der Waals surface area contributed by atoms with Crippen LogP contribution in [0.5, 0.6) is 0 Å². The second-order valence-corrected chi connectivity index (χ2v) is 4.94. The molecule has 1 aromatic carbocycles. The molecule has 6 heteroatoms. The summed E-state index contributed by atoms with van der Waals surface area (Å²) in [6, 6.07) is 9.60. The number of ether oxygens (including phenoxy) is 1. The fourth-order valence-electron chi connectivity index (χ4n) is 2.02. The van der Waals surface area contributed by atoms with Gasteiger partial charge in [-0.25, -0.2) is 0 Å². The summed E-state index contributed by atoms with van der Waals surface area (Å²) in [4.78, 5) is 23.9. The highest BCUT2D eigenvalue weighted by Crippen LogP contribution is 2.26. The second kappa shape index (κ2) is 7.66. The van der Waals surface area contributed by atoms with Crippen molar-refractivity contribution in [1.82, 2.24) is 5.32 Å². The van der Waals surface area contributed by atoms with Gasteiger partial charge in [0, 0.05) is 5.02 Å². The van der Waals surface area contributed by atoms with Gasteiger partial charge in [-0.3, -0.25) is 9.59 Å². The molecule has 0 unspecified atom stereocenters. The average molecular weight is 322 g/mol. The standard InChI is InChI=1S/C16H16ClNO4/c1-2-21-15(19)10-13(11-6-3-4-7-12(11)17)18-16(20)14-8-5-9-22-14/h3-9,13H,2,10H2,1H3,(H,18,20)/t13-/m1/s1. The molecule has 0 bridgehead atoms. The SMILES string of the molecule is CCOC(=O)C[C@@H](NC(=O)c1ccco1)c1ccccc1Cl. The number of carbonyl (C=O) groups excluding carboxylic acids is 2. The minimum absolute atomic E-state index is 0.00990. The van der Waals surface area contributed by atoms with Crippen LogP contribution in [0, 0.1) is 0 Å². The molecule has 1 amide bonds. The predicted molar refractivity (Wildman–Crippen MR) is 81.6 cm³/mol. The van der Waals surface area contributed by atoms with Crippen LogP contribution in [-0.4, -0.2) is 18.5 Å². The Labute approximate surface area is 133 Å². The highest BCUT2D eigenvalue weighted by atomic mass is 35.5. The summed E-state index contributed by atoms with van der Waals surface area (Å²) in [5.41, 5.74) is 0.650. The van der Waals surface area contributed by atoms with Crippen LogP contribution < -0.4 is 5.32 Å². The highest BCUT2D eigenvalue weighted by molar-refractivity contribution is 6.31. The van der Waals surface area contributed by atoms with E-state index in [1.54, 1.807) is 43.3 Å². The first-order valence-electron chi connectivity index (χ1n) is 6.86. The maximum absolute atomic E-state index is 12.1. The Balaban J connectivity index is 2.20. The van der Waals surface area contributed by atoms with Crippen LogP contribution in [0.15, 0.2) is 47.1 Å². The molecule has 0 aliphatic heterocycles. The van der Waals surface area contributed by atoms with Crippen LogP contribution in [0.25, 0.3) is 0 Å². The zero-order valence-electron chi connectivity index (χ0n) is 12.0. The molecule has 22 heavy (non-hydrogen) atoms. The number of carbonyl (C=O) groups is 2. The van der Waals surface area contributed by atoms with Crippen molar-refractivity contribution in [2.45, 2.75) is 19.4 Å². The van der Waals surface area contributed by atoms with Crippen molar-refractivity contribution in [2.75, 3.05) is 6.61 Å². The molecule has 1 aromatic heterocycles. The van der Waals surface area contributed by atoms with Crippen LogP contribution in [0.1, 0.15) is 35.5 Å². The maximum Gasteiger partial charge on any atom is 0.308 e.